The zero-order valence-electron chi connectivity index (χ0n) is 19.7. The number of ketones is 1. The first-order valence-electron chi connectivity index (χ1n) is 11.5. The van der Waals surface area contributed by atoms with Crippen molar-refractivity contribution >= 4 is 17.8 Å². The molecule has 0 atom stereocenters. The third kappa shape index (κ3) is 5.38. The highest BCUT2D eigenvalue weighted by atomic mass is 16.2. The fraction of sp³-hybridized carbons (Fsp3) is 0.138. The van der Waals surface area contributed by atoms with Crippen molar-refractivity contribution < 1.29 is 9.59 Å². The molecule has 176 valence electrons. The Morgan fingerprint density at radius 2 is 1.46 bits per heavy atom. The molecule has 1 heterocycles. The van der Waals surface area contributed by atoms with E-state index in [4.69, 9.17) is 0 Å². The first-order valence-corrected chi connectivity index (χ1v) is 11.5. The lowest BCUT2D eigenvalue weighted by Crippen LogP contribution is -2.40. The number of aromatic nitrogens is 2. The van der Waals surface area contributed by atoms with Crippen LogP contribution in [0.5, 0.6) is 0 Å². The van der Waals surface area contributed by atoms with Crippen LogP contribution >= 0.6 is 0 Å². The minimum Gasteiger partial charge on any atom is -0.329 e. The third-order valence-corrected chi connectivity index (χ3v) is 5.68. The van der Waals surface area contributed by atoms with Crippen molar-refractivity contribution in [2.24, 2.45) is 0 Å². The van der Waals surface area contributed by atoms with Gasteiger partial charge in [0.15, 0.2) is 5.78 Å². The monoisotopic (exact) mass is 465 g/mol. The summed E-state index contributed by atoms with van der Waals surface area (Å²) < 4.78 is 1.37. The molecular formula is C29H27N3O3. The van der Waals surface area contributed by atoms with Gasteiger partial charge in [-0.25, -0.2) is 4.68 Å². The van der Waals surface area contributed by atoms with Crippen molar-refractivity contribution in [1.82, 2.24) is 14.7 Å². The molecule has 1 amide bonds. The maximum atomic E-state index is 13.5. The summed E-state index contributed by atoms with van der Waals surface area (Å²) in [5.41, 5.74) is 2.24. The van der Waals surface area contributed by atoms with Crippen LogP contribution in [-0.4, -0.2) is 39.0 Å². The first-order chi connectivity index (χ1) is 17.0. The van der Waals surface area contributed by atoms with Crippen LogP contribution in [0.1, 0.15) is 29.8 Å². The van der Waals surface area contributed by atoms with E-state index in [1.54, 1.807) is 18.2 Å². The molecule has 4 rings (SSSR count). The van der Waals surface area contributed by atoms with Gasteiger partial charge >= 0.3 is 0 Å². The Kier molecular flexibility index (Phi) is 7.21. The van der Waals surface area contributed by atoms with Crippen molar-refractivity contribution in [2.45, 2.75) is 19.9 Å². The summed E-state index contributed by atoms with van der Waals surface area (Å²) >= 11 is 0. The van der Waals surface area contributed by atoms with Crippen LogP contribution in [0.2, 0.25) is 0 Å². The summed E-state index contributed by atoms with van der Waals surface area (Å²) in [5, 5.41) is 3.11. The van der Waals surface area contributed by atoms with Crippen LogP contribution in [0.4, 0.5) is 0 Å². The van der Waals surface area contributed by atoms with Crippen LogP contribution < -0.4 is 5.56 Å². The molecule has 0 aliphatic heterocycles. The molecule has 1 N–H and O–H groups in total. The Hall–Kier alpha value is -4.45. The summed E-state index contributed by atoms with van der Waals surface area (Å²) in [4.78, 5) is 41.4. The Morgan fingerprint density at radius 3 is 2.06 bits per heavy atom. The van der Waals surface area contributed by atoms with Crippen molar-refractivity contribution in [3.8, 4) is 16.9 Å². The number of hydrogen-bond acceptors (Lipinski definition) is 3. The summed E-state index contributed by atoms with van der Waals surface area (Å²) in [7, 11) is 0. The molecular weight excluding hydrogens is 438 g/mol. The zero-order valence-corrected chi connectivity index (χ0v) is 19.7. The first kappa shape index (κ1) is 23.7. The highest BCUT2D eigenvalue weighted by Gasteiger charge is 2.26. The van der Waals surface area contributed by atoms with E-state index in [1.807, 2.05) is 92.7 Å². The van der Waals surface area contributed by atoms with E-state index in [0.717, 1.165) is 5.56 Å². The maximum Gasteiger partial charge on any atom is 0.282 e. The number of amides is 1. The van der Waals surface area contributed by atoms with Crippen LogP contribution in [0.15, 0.2) is 102 Å². The van der Waals surface area contributed by atoms with Gasteiger partial charge in [-0.2, -0.15) is 0 Å². The summed E-state index contributed by atoms with van der Waals surface area (Å²) in [6.45, 7) is 3.48. The van der Waals surface area contributed by atoms with Crippen molar-refractivity contribution in [3.63, 3.8) is 0 Å². The third-order valence-electron chi connectivity index (χ3n) is 5.68. The average molecular weight is 466 g/mol. The van der Waals surface area contributed by atoms with Gasteiger partial charge < -0.3 is 4.90 Å². The van der Waals surface area contributed by atoms with E-state index < -0.39 is 11.3 Å². The van der Waals surface area contributed by atoms with Gasteiger partial charge in [0.05, 0.1) is 17.9 Å². The SMILES string of the molecule is CC(C)N(CC(=O)c1c(-c2ccccc2)[nH]n(-c2ccccc2)c1=O)C(=O)C=Cc1ccccc1. The van der Waals surface area contributed by atoms with Gasteiger partial charge in [0.1, 0.15) is 5.56 Å². The standard InChI is InChI=1S/C29H27N3O3/c1-21(2)31(26(34)19-18-22-12-6-3-7-13-22)20-25(33)27-28(23-14-8-4-9-15-23)30-32(29(27)35)24-16-10-5-11-17-24/h3-19,21,30H,20H2,1-2H3. The van der Waals surface area contributed by atoms with Crippen LogP contribution in [0, 0.1) is 0 Å². The summed E-state index contributed by atoms with van der Waals surface area (Å²) in [5.74, 6) is -0.715. The van der Waals surface area contributed by atoms with Gasteiger partial charge in [-0.05, 0) is 37.6 Å². The number of carbonyl (C=O) groups excluding carboxylic acids is 2. The van der Waals surface area contributed by atoms with E-state index >= 15 is 0 Å². The minimum atomic E-state index is -0.448. The summed E-state index contributed by atoms with van der Waals surface area (Å²) in [6.07, 6.45) is 3.18. The Balaban J connectivity index is 1.69. The number of hydrogen-bond donors (Lipinski definition) is 1. The highest BCUT2D eigenvalue weighted by Crippen LogP contribution is 2.22. The number of H-pyrrole nitrogens is 1. The highest BCUT2D eigenvalue weighted by molar-refractivity contribution is 6.05. The van der Waals surface area contributed by atoms with Gasteiger partial charge in [-0.15, -0.1) is 0 Å². The molecule has 35 heavy (non-hydrogen) atoms. The van der Waals surface area contributed by atoms with Crippen LogP contribution in [0.25, 0.3) is 23.0 Å². The lowest BCUT2D eigenvalue weighted by molar-refractivity contribution is -0.127. The number of nitrogens with one attached hydrogen (secondary N) is 1. The molecule has 0 aliphatic carbocycles. The smallest absolute Gasteiger partial charge is 0.282 e. The molecule has 0 fully saturated rings. The second-order valence-corrected chi connectivity index (χ2v) is 8.43. The predicted octanol–water partition coefficient (Wildman–Crippen LogP) is 4.97. The fourth-order valence-electron chi connectivity index (χ4n) is 3.84. The number of rotatable bonds is 8. The number of Topliss-reactive ketones (excluding diaryl/α,β-unsaturated/α-hetero) is 1. The molecule has 0 aliphatic rings. The molecule has 0 spiro atoms. The molecule has 3 aromatic carbocycles. The zero-order chi connectivity index (χ0) is 24.8. The van der Waals surface area contributed by atoms with Gasteiger partial charge in [0.2, 0.25) is 5.91 Å². The van der Waals surface area contributed by atoms with Crippen molar-refractivity contribution in [1.29, 1.82) is 0 Å². The average Bonchev–Trinajstić information content (AvgIpc) is 3.24. The van der Waals surface area contributed by atoms with E-state index in [0.29, 0.717) is 16.9 Å². The number of para-hydroxylation sites is 1. The number of aromatic amines is 1. The maximum absolute atomic E-state index is 13.5. The van der Waals surface area contributed by atoms with Crippen LogP contribution in [0.3, 0.4) is 0 Å². The number of nitrogens with zero attached hydrogens (tertiary/aromatic N) is 2. The Morgan fingerprint density at radius 1 is 0.886 bits per heavy atom. The van der Waals surface area contributed by atoms with E-state index in [1.165, 1.54) is 15.7 Å². The van der Waals surface area contributed by atoms with Gasteiger partial charge in [0.25, 0.3) is 5.56 Å². The van der Waals surface area contributed by atoms with E-state index in [-0.39, 0.29) is 24.1 Å². The fourth-order valence-corrected chi connectivity index (χ4v) is 3.84. The van der Waals surface area contributed by atoms with Gasteiger partial charge in [-0.1, -0.05) is 78.9 Å². The predicted molar refractivity (Wildman–Crippen MR) is 138 cm³/mol. The van der Waals surface area contributed by atoms with Crippen LogP contribution in [-0.2, 0) is 4.79 Å². The molecule has 6 nitrogen and oxygen atoms in total. The molecule has 0 radical (unpaired) electrons. The molecule has 4 aromatic rings. The van der Waals surface area contributed by atoms with Crippen molar-refractivity contribution in [3.05, 3.63) is 119 Å². The van der Waals surface area contributed by atoms with E-state index in [2.05, 4.69) is 5.10 Å². The number of benzene rings is 3. The molecule has 1 aromatic heterocycles. The molecule has 0 unspecified atom stereocenters. The normalized spacial score (nSPS) is 11.2. The van der Waals surface area contributed by atoms with Gasteiger partial charge in [0, 0.05) is 17.7 Å². The van der Waals surface area contributed by atoms with E-state index in [9.17, 15) is 14.4 Å². The Labute approximate surface area is 204 Å². The second kappa shape index (κ2) is 10.7. The lowest BCUT2D eigenvalue weighted by Gasteiger charge is -2.24. The second-order valence-electron chi connectivity index (χ2n) is 8.43. The Bertz CT molecular complexity index is 1390. The summed E-state index contributed by atoms with van der Waals surface area (Å²) in [6, 6.07) is 27.6. The lowest BCUT2D eigenvalue weighted by atomic mass is 10.0. The quantitative estimate of drug-likeness (QED) is 0.295. The molecule has 6 heteroatoms. The minimum absolute atomic E-state index is 0.0329. The van der Waals surface area contributed by atoms with Crippen molar-refractivity contribution in [2.75, 3.05) is 6.54 Å². The topological polar surface area (TPSA) is 75.2 Å². The molecule has 0 saturated carbocycles. The van der Waals surface area contributed by atoms with Gasteiger partial charge in [-0.3, -0.25) is 19.5 Å². The largest absolute Gasteiger partial charge is 0.329 e. The molecule has 0 saturated heterocycles. The molecule has 0 bridgehead atoms. The number of carbonyl (C=O) groups is 2.